The molecular weight excluding hydrogens is 202 g/mol. The van der Waals surface area contributed by atoms with Crippen LogP contribution in [0, 0.1) is 10.1 Å². The van der Waals surface area contributed by atoms with Crippen molar-refractivity contribution in [3.63, 3.8) is 0 Å². The van der Waals surface area contributed by atoms with E-state index in [-0.39, 0.29) is 12.2 Å². The lowest BCUT2D eigenvalue weighted by molar-refractivity contribution is -0.384. The molecule has 0 spiro atoms. The summed E-state index contributed by atoms with van der Waals surface area (Å²) in [5.74, 6) is -0.624. The Morgan fingerprint density at radius 1 is 1.53 bits per heavy atom. The summed E-state index contributed by atoms with van der Waals surface area (Å²) < 4.78 is 0. The molecule has 3 N–H and O–H groups in total. The number of benzene rings is 1. The lowest BCUT2D eigenvalue weighted by atomic mass is 10.3. The minimum absolute atomic E-state index is 0.0654. The van der Waals surface area contributed by atoms with E-state index in [1.807, 2.05) is 0 Å². The highest BCUT2D eigenvalue weighted by Crippen LogP contribution is 2.16. The van der Waals surface area contributed by atoms with E-state index in [0.29, 0.717) is 5.69 Å². The Hall–Kier alpha value is -2.15. The lowest BCUT2D eigenvalue weighted by Gasteiger charge is -2.03. The van der Waals surface area contributed by atoms with Gasteiger partial charge in [0, 0.05) is 17.8 Å². The number of rotatable bonds is 4. The number of nitrogens with one attached hydrogen (secondary N) is 2. The number of non-ortho nitro benzene ring substituents is 1. The van der Waals surface area contributed by atoms with E-state index in [0.717, 1.165) is 0 Å². The van der Waals surface area contributed by atoms with Gasteiger partial charge in [-0.3, -0.25) is 20.1 Å². The number of amides is 1. The smallest absolute Gasteiger partial charge is 0.271 e. The van der Waals surface area contributed by atoms with Crippen molar-refractivity contribution in [1.29, 1.82) is 0 Å². The molecule has 1 aromatic rings. The van der Waals surface area contributed by atoms with Gasteiger partial charge in [0.2, 0.25) is 0 Å². The number of hydrogen-bond acceptors (Lipinski definition) is 5. The van der Waals surface area contributed by atoms with Crippen LogP contribution >= 0.6 is 0 Å². The highest BCUT2D eigenvalue weighted by atomic mass is 16.6. The number of carbonyl (C=O) groups is 1. The molecule has 7 nitrogen and oxygen atoms in total. The van der Waals surface area contributed by atoms with Crippen molar-refractivity contribution in [3.05, 3.63) is 34.4 Å². The van der Waals surface area contributed by atoms with Gasteiger partial charge in [0.15, 0.2) is 0 Å². The van der Waals surface area contributed by atoms with Gasteiger partial charge >= 0.3 is 0 Å². The first kappa shape index (κ1) is 10.9. The van der Waals surface area contributed by atoms with E-state index in [1.165, 1.54) is 23.7 Å². The highest BCUT2D eigenvalue weighted by molar-refractivity contribution is 5.79. The van der Waals surface area contributed by atoms with E-state index < -0.39 is 10.8 Å². The number of hydrogen-bond donors (Lipinski definition) is 3. The highest BCUT2D eigenvalue weighted by Gasteiger charge is 2.05. The first-order chi connectivity index (χ1) is 7.13. The topological polar surface area (TPSA) is 104 Å². The van der Waals surface area contributed by atoms with Gasteiger partial charge in [0.05, 0.1) is 11.5 Å². The average Bonchev–Trinajstić information content (AvgIpc) is 2.26. The van der Waals surface area contributed by atoms with Crippen LogP contribution in [0.4, 0.5) is 11.4 Å². The summed E-state index contributed by atoms with van der Waals surface area (Å²) in [5, 5.41) is 21.2. The van der Waals surface area contributed by atoms with Crippen LogP contribution in [0.3, 0.4) is 0 Å². The second-order valence-corrected chi connectivity index (χ2v) is 2.70. The molecule has 0 fully saturated rings. The van der Waals surface area contributed by atoms with Crippen molar-refractivity contribution in [1.82, 2.24) is 5.48 Å². The third-order valence-electron chi connectivity index (χ3n) is 1.63. The number of anilines is 1. The van der Waals surface area contributed by atoms with Crippen molar-refractivity contribution >= 4 is 17.3 Å². The largest absolute Gasteiger partial charge is 0.376 e. The zero-order chi connectivity index (χ0) is 11.3. The number of nitrogens with zero attached hydrogens (tertiary/aromatic N) is 1. The van der Waals surface area contributed by atoms with Crippen LogP contribution in [0.25, 0.3) is 0 Å². The molecule has 0 aromatic heterocycles. The molecule has 1 aromatic carbocycles. The van der Waals surface area contributed by atoms with Crippen molar-refractivity contribution < 1.29 is 14.9 Å². The molecule has 80 valence electrons. The zero-order valence-corrected chi connectivity index (χ0v) is 7.64. The Bertz CT molecular complexity index is 380. The minimum atomic E-state index is -0.624. The SMILES string of the molecule is O=C(CNc1cccc([N+](=O)[O-])c1)NO. The monoisotopic (exact) mass is 211 g/mol. The van der Waals surface area contributed by atoms with Gasteiger partial charge in [-0.2, -0.15) is 0 Å². The van der Waals surface area contributed by atoms with Crippen molar-refractivity contribution in [2.24, 2.45) is 0 Å². The molecule has 1 amide bonds. The van der Waals surface area contributed by atoms with Crippen LogP contribution in [0.5, 0.6) is 0 Å². The minimum Gasteiger partial charge on any atom is -0.376 e. The Morgan fingerprint density at radius 3 is 2.87 bits per heavy atom. The van der Waals surface area contributed by atoms with Gasteiger partial charge in [-0.15, -0.1) is 0 Å². The molecule has 0 aliphatic carbocycles. The normalized spacial score (nSPS) is 9.40. The van der Waals surface area contributed by atoms with Crippen molar-refractivity contribution in [2.45, 2.75) is 0 Å². The average molecular weight is 211 g/mol. The van der Waals surface area contributed by atoms with Crippen molar-refractivity contribution in [3.8, 4) is 0 Å². The van der Waals surface area contributed by atoms with Crippen LogP contribution in [0.1, 0.15) is 0 Å². The summed E-state index contributed by atoms with van der Waals surface area (Å²) in [4.78, 5) is 20.5. The molecule has 0 saturated carbocycles. The third-order valence-corrected chi connectivity index (χ3v) is 1.63. The number of carbonyl (C=O) groups excluding carboxylic acids is 1. The summed E-state index contributed by atoms with van der Waals surface area (Å²) in [6.07, 6.45) is 0. The predicted octanol–water partition coefficient (Wildman–Crippen LogP) is 0.512. The molecule has 1 rings (SSSR count). The second kappa shape index (κ2) is 4.91. The zero-order valence-electron chi connectivity index (χ0n) is 7.64. The van der Waals surface area contributed by atoms with Gasteiger partial charge in [0.1, 0.15) is 0 Å². The van der Waals surface area contributed by atoms with E-state index in [1.54, 1.807) is 6.07 Å². The molecule has 0 saturated heterocycles. The maximum atomic E-state index is 10.6. The fraction of sp³-hybridized carbons (Fsp3) is 0.125. The fourth-order valence-electron chi connectivity index (χ4n) is 0.951. The maximum Gasteiger partial charge on any atom is 0.271 e. The van der Waals surface area contributed by atoms with Crippen LogP contribution in [-0.2, 0) is 4.79 Å². The Kier molecular flexibility index (Phi) is 3.58. The van der Waals surface area contributed by atoms with Gasteiger partial charge in [0.25, 0.3) is 11.6 Å². The number of nitro groups is 1. The maximum absolute atomic E-state index is 10.6. The van der Waals surface area contributed by atoms with Gasteiger partial charge in [-0.25, -0.2) is 5.48 Å². The fourth-order valence-corrected chi connectivity index (χ4v) is 0.951. The number of hydroxylamine groups is 1. The third kappa shape index (κ3) is 3.24. The first-order valence-electron chi connectivity index (χ1n) is 4.04. The summed E-state index contributed by atoms with van der Waals surface area (Å²) in [6, 6.07) is 5.72. The van der Waals surface area contributed by atoms with Gasteiger partial charge in [-0.05, 0) is 6.07 Å². The molecule has 15 heavy (non-hydrogen) atoms. The second-order valence-electron chi connectivity index (χ2n) is 2.70. The van der Waals surface area contributed by atoms with E-state index in [9.17, 15) is 14.9 Å². The quantitative estimate of drug-likeness (QED) is 0.382. The van der Waals surface area contributed by atoms with Crippen LogP contribution < -0.4 is 10.8 Å². The van der Waals surface area contributed by atoms with E-state index in [4.69, 9.17) is 5.21 Å². The summed E-state index contributed by atoms with van der Waals surface area (Å²) >= 11 is 0. The van der Waals surface area contributed by atoms with Gasteiger partial charge in [-0.1, -0.05) is 6.07 Å². The lowest BCUT2D eigenvalue weighted by Crippen LogP contribution is -2.26. The van der Waals surface area contributed by atoms with Crippen molar-refractivity contribution in [2.75, 3.05) is 11.9 Å². The molecule has 0 bridgehead atoms. The molecular formula is C8H9N3O4. The Labute approximate surface area is 84.8 Å². The molecule has 0 radical (unpaired) electrons. The molecule has 7 heteroatoms. The van der Waals surface area contributed by atoms with Crippen LogP contribution in [0.15, 0.2) is 24.3 Å². The Morgan fingerprint density at radius 2 is 2.27 bits per heavy atom. The predicted molar refractivity (Wildman–Crippen MR) is 51.5 cm³/mol. The first-order valence-corrected chi connectivity index (χ1v) is 4.04. The van der Waals surface area contributed by atoms with Crippen LogP contribution in [-0.4, -0.2) is 22.6 Å². The van der Waals surface area contributed by atoms with E-state index >= 15 is 0 Å². The molecule has 0 aliphatic rings. The molecule has 0 aliphatic heterocycles. The standard InChI is InChI=1S/C8H9N3O4/c12-8(10-13)5-9-6-2-1-3-7(4-6)11(14)15/h1-4,9,13H,5H2,(H,10,12). The van der Waals surface area contributed by atoms with E-state index in [2.05, 4.69) is 5.32 Å². The summed E-state index contributed by atoms with van der Waals surface area (Å²) in [6.45, 7) is -0.155. The Balaban J connectivity index is 2.66. The molecule has 0 unspecified atom stereocenters. The molecule has 0 atom stereocenters. The molecule has 0 heterocycles. The summed E-state index contributed by atoms with van der Waals surface area (Å²) in [5.41, 5.74) is 1.81. The van der Waals surface area contributed by atoms with Crippen LogP contribution in [0.2, 0.25) is 0 Å². The summed E-state index contributed by atoms with van der Waals surface area (Å²) in [7, 11) is 0. The van der Waals surface area contributed by atoms with Gasteiger partial charge < -0.3 is 5.32 Å². The number of nitro benzene ring substituents is 1.